The summed E-state index contributed by atoms with van der Waals surface area (Å²) in [6.07, 6.45) is 3.76. The van der Waals surface area contributed by atoms with Gasteiger partial charge in [0.1, 0.15) is 11.5 Å². The molecule has 24 heavy (non-hydrogen) atoms. The molecule has 1 aromatic carbocycles. The molecule has 0 N–H and O–H groups in total. The van der Waals surface area contributed by atoms with Crippen LogP contribution in [0.3, 0.4) is 0 Å². The summed E-state index contributed by atoms with van der Waals surface area (Å²) >= 11 is 0. The fourth-order valence-electron chi connectivity index (χ4n) is 2.25. The van der Waals surface area contributed by atoms with E-state index in [1.807, 2.05) is 0 Å². The van der Waals surface area contributed by atoms with Crippen molar-refractivity contribution in [3.8, 4) is 11.8 Å². The smallest absolute Gasteiger partial charge is 0.261 e. The number of methoxy groups -OCH3 is 1. The molecule has 120 valence electrons. The van der Waals surface area contributed by atoms with Gasteiger partial charge >= 0.3 is 0 Å². The first kappa shape index (κ1) is 15.9. The number of hydrogen-bond donors (Lipinski definition) is 0. The lowest BCUT2D eigenvalue weighted by atomic mass is 10.2. The summed E-state index contributed by atoms with van der Waals surface area (Å²) < 4.78 is 19.4. The molecule has 2 aromatic heterocycles. The number of ether oxygens (including phenoxy) is 1. The predicted molar refractivity (Wildman–Crippen MR) is 89.4 cm³/mol. The molecule has 0 atom stereocenters. The molecule has 0 saturated heterocycles. The van der Waals surface area contributed by atoms with Crippen molar-refractivity contribution in [2.75, 3.05) is 13.7 Å². The lowest BCUT2D eigenvalue weighted by molar-refractivity contribution is 0.202. The van der Waals surface area contributed by atoms with Crippen LogP contribution in [0.5, 0.6) is 0 Å². The molecule has 0 radical (unpaired) electrons. The van der Waals surface area contributed by atoms with Gasteiger partial charge in [0, 0.05) is 42.6 Å². The molecule has 0 spiro atoms. The van der Waals surface area contributed by atoms with Crippen LogP contribution in [0.25, 0.3) is 5.65 Å². The monoisotopic (exact) mass is 322 g/mol. The van der Waals surface area contributed by atoms with E-state index in [1.54, 1.807) is 43.8 Å². The van der Waals surface area contributed by atoms with Crippen molar-refractivity contribution in [1.29, 1.82) is 0 Å². The van der Waals surface area contributed by atoms with Gasteiger partial charge < -0.3 is 4.74 Å². The number of rotatable bonds is 3. The van der Waals surface area contributed by atoms with Crippen LogP contribution in [0.4, 0.5) is 4.39 Å². The molecule has 4 nitrogen and oxygen atoms in total. The minimum atomic E-state index is -0.292. The van der Waals surface area contributed by atoms with E-state index in [-0.39, 0.29) is 11.4 Å². The van der Waals surface area contributed by atoms with Gasteiger partial charge in [0.2, 0.25) is 0 Å². The molecule has 0 saturated carbocycles. The largest absolute Gasteiger partial charge is 0.384 e. The van der Waals surface area contributed by atoms with Crippen LogP contribution in [-0.2, 0) is 11.2 Å². The van der Waals surface area contributed by atoms with Gasteiger partial charge in [-0.1, -0.05) is 11.8 Å². The Labute approximate surface area is 138 Å². The molecule has 0 aliphatic heterocycles. The highest BCUT2D eigenvalue weighted by Gasteiger charge is 2.05. The van der Waals surface area contributed by atoms with Crippen molar-refractivity contribution in [2.45, 2.75) is 6.42 Å². The zero-order valence-electron chi connectivity index (χ0n) is 13.1. The Hall–Kier alpha value is -2.97. The Morgan fingerprint density at radius 3 is 2.67 bits per heavy atom. The molecule has 2 heterocycles. The fraction of sp³-hybridized carbons (Fsp3) is 0.158. The van der Waals surface area contributed by atoms with Crippen molar-refractivity contribution in [3.63, 3.8) is 0 Å². The van der Waals surface area contributed by atoms with E-state index in [9.17, 15) is 9.18 Å². The number of fused-ring (bicyclic) bond motifs is 1. The Bertz CT molecular complexity index is 982. The predicted octanol–water partition coefficient (Wildman–Crippen LogP) is 2.42. The Morgan fingerprint density at radius 1 is 1.17 bits per heavy atom. The van der Waals surface area contributed by atoms with E-state index in [2.05, 4.69) is 16.8 Å². The lowest BCUT2D eigenvalue weighted by Gasteiger charge is -2.04. The van der Waals surface area contributed by atoms with Crippen LogP contribution in [0, 0.1) is 17.7 Å². The van der Waals surface area contributed by atoms with Crippen molar-refractivity contribution in [2.24, 2.45) is 0 Å². The van der Waals surface area contributed by atoms with Crippen LogP contribution in [0.2, 0.25) is 0 Å². The Morgan fingerprint density at radius 2 is 1.92 bits per heavy atom. The van der Waals surface area contributed by atoms with Crippen molar-refractivity contribution < 1.29 is 9.13 Å². The topological polar surface area (TPSA) is 43.6 Å². The van der Waals surface area contributed by atoms with Gasteiger partial charge in [-0.05, 0) is 36.4 Å². The van der Waals surface area contributed by atoms with Gasteiger partial charge in [0.15, 0.2) is 0 Å². The minimum Gasteiger partial charge on any atom is -0.384 e. The molecule has 0 aliphatic rings. The summed E-state index contributed by atoms with van der Waals surface area (Å²) in [5.41, 5.74) is 2.49. The zero-order chi connectivity index (χ0) is 16.9. The van der Waals surface area contributed by atoms with Crippen LogP contribution in [-0.4, -0.2) is 23.1 Å². The SMILES string of the molecule is COCCc1cnc2cc(C#Cc3ccc(F)cc3)ccn2c1=O. The van der Waals surface area contributed by atoms with E-state index in [1.165, 1.54) is 16.5 Å². The molecule has 0 unspecified atom stereocenters. The van der Waals surface area contributed by atoms with E-state index < -0.39 is 0 Å². The number of halogens is 1. The summed E-state index contributed by atoms with van der Waals surface area (Å²) in [5, 5.41) is 0. The van der Waals surface area contributed by atoms with Crippen molar-refractivity contribution in [3.05, 3.63) is 81.7 Å². The van der Waals surface area contributed by atoms with Crippen LogP contribution in [0.15, 0.2) is 53.6 Å². The first-order valence-corrected chi connectivity index (χ1v) is 7.44. The van der Waals surface area contributed by atoms with Gasteiger partial charge in [0.25, 0.3) is 5.56 Å². The molecule has 3 aromatic rings. The first-order valence-electron chi connectivity index (χ1n) is 7.44. The third kappa shape index (κ3) is 3.50. The summed E-state index contributed by atoms with van der Waals surface area (Å²) in [4.78, 5) is 16.7. The number of pyridine rings is 1. The minimum absolute atomic E-state index is 0.102. The molecular formula is C19H15FN2O2. The highest BCUT2D eigenvalue weighted by atomic mass is 19.1. The standard InChI is InChI=1S/C19H15FN2O2/c1-24-11-9-16-13-21-18-12-15(8-10-22(18)19(16)23)3-2-14-4-6-17(20)7-5-14/h4-8,10,12-13H,9,11H2,1H3. The average Bonchev–Trinajstić information content (AvgIpc) is 2.61. The summed E-state index contributed by atoms with van der Waals surface area (Å²) in [6.45, 7) is 0.476. The van der Waals surface area contributed by atoms with E-state index in [0.29, 0.717) is 24.2 Å². The van der Waals surface area contributed by atoms with Crippen molar-refractivity contribution >= 4 is 5.65 Å². The molecule has 0 fully saturated rings. The maximum absolute atomic E-state index is 12.9. The summed E-state index contributed by atoms with van der Waals surface area (Å²) in [7, 11) is 1.60. The molecular weight excluding hydrogens is 307 g/mol. The number of aromatic nitrogens is 2. The first-order chi connectivity index (χ1) is 11.7. The maximum Gasteiger partial charge on any atom is 0.261 e. The van der Waals surface area contributed by atoms with Gasteiger partial charge in [-0.2, -0.15) is 0 Å². The molecule has 0 bridgehead atoms. The van der Waals surface area contributed by atoms with Crippen LogP contribution >= 0.6 is 0 Å². The van der Waals surface area contributed by atoms with Crippen LogP contribution in [0.1, 0.15) is 16.7 Å². The van der Waals surface area contributed by atoms with Gasteiger partial charge in [-0.15, -0.1) is 0 Å². The zero-order valence-corrected chi connectivity index (χ0v) is 13.1. The molecule has 5 heteroatoms. The highest BCUT2D eigenvalue weighted by Crippen LogP contribution is 2.05. The van der Waals surface area contributed by atoms with Crippen molar-refractivity contribution in [1.82, 2.24) is 9.38 Å². The van der Waals surface area contributed by atoms with E-state index in [4.69, 9.17) is 4.74 Å². The average molecular weight is 322 g/mol. The maximum atomic E-state index is 12.9. The normalized spacial score (nSPS) is 10.4. The van der Waals surface area contributed by atoms with E-state index >= 15 is 0 Å². The highest BCUT2D eigenvalue weighted by molar-refractivity contribution is 5.49. The number of benzene rings is 1. The second-order valence-corrected chi connectivity index (χ2v) is 5.23. The molecule has 0 amide bonds. The number of hydrogen-bond acceptors (Lipinski definition) is 3. The quantitative estimate of drug-likeness (QED) is 0.696. The molecule has 3 rings (SSSR count). The van der Waals surface area contributed by atoms with Gasteiger partial charge in [0.05, 0.1) is 6.61 Å². The third-order valence-corrected chi connectivity index (χ3v) is 3.55. The molecule has 0 aliphatic carbocycles. The summed E-state index contributed by atoms with van der Waals surface area (Å²) in [6, 6.07) is 9.48. The second-order valence-electron chi connectivity index (χ2n) is 5.23. The Kier molecular flexibility index (Phi) is 4.69. The third-order valence-electron chi connectivity index (χ3n) is 3.55. The fourth-order valence-corrected chi connectivity index (χ4v) is 2.25. The van der Waals surface area contributed by atoms with Crippen LogP contribution < -0.4 is 5.56 Å². The van der Waals surface area contributed by atoms with Gasteiger partial charge in [-0.3, -0.25) is 9.20 Å². The van der Waals surface area contributed by atoms with Gasteiger partial charge in [-0.25, -0.2) is 9.37 Å². The summed E-state index contributed by atoms with van der Waals surface area (Å²) in [5.74, 6) is 5.66. The second kappa shape index (κ2) is 7.07. The van der Waals surface area contributed by atoms with E-state index in [0.717, 1.165) is 11.1 Å². The Balaban J connectivity index is 1.92. The number of nitrogens with zero attached hydrogens (tertiary/aromatic N) is 2. The lowest BCUT2D eigenvalue weighted by Crippen LogP contribution is -2.20.